The molecule has 0 aliphatic carbocycles. The first-order valence-corrected chi connectivity index (χ1v) is 9.92. The quantitative estimate of drug-likeness (QED) is 0.264. The first-order valence-electron chi connectivity index (χ1n) is 9.04. The minimum atomic E-state index is -0.435. The molecule has 3 aromatic rings. The average Bonchev–Trinajstić information content (AvgIpc) is 3.26. The summed E-state index contributed by atoms with van der Waals surface area (Å²) in [5, 5.41) is 5.80. The fourth-order valence-electron chi connectivity index (χ4n) is 2.50. The topological polar surface area (TPSA) is 77.0 Å². The van der Waals surface area contributed by atoms with Gasteiger partial charge >= 0.3 is 5.97 Å². The second-order valence-electron chi connectivity index (χ2n) is 5.96. The van der Waals surface area contributed by atoms with Crippen LogP contribution in [-0.2, 0) is 11.2 Å². The molecule has 0 saturated carbocycles. The number of nitrogens with one attached hydrogen (secondary N) is 1. The van der Waals surface area contributed by atoms with E-state index in [2.05, 4.69) is 10.5 Å². The highest BCUT2D eigenvalue weighted by atomic mass is 32.1. The van der Waals surface area contributed by atoms with Crippen LogP contribution in [0.4, 0.5) is 0 Å². The number of nitrogens with zero attached hydrogens (tertiary/aromatic N) is 1. The molecule has 1 N–H and O–H groups in total. The van der Waals surface area contributed by atoms with E-state index in [-0.39, 0.29) is 12.3 Å². The number of hydrogen-bond donors (Lipinski definition) is 1. The van der Waals surface area contributed by atoms with Crippen LogP contribution in [0.25, 0.3) is 0 Å². The normalized spacial score (nSPS) is 10.7. The van der Waals surface area contributed by atoms with Crippen molar-refractivity contribution in [2.24, 2.45) is 5.10 Å². The summed E-state index contributed by atoms with van der Waals surface area (Å²) < 4.78 is 11.0. The maximum Gasteiger partial charge on any atom is 0.353 e. The van der Waals surface area contributed by atoms with Crippen molar-refractivity contribution in [3.8, 4) is 11.5 Å². The molecule has 6 nitrogen and oxygen atoms in total. The van der Waals surface area contributed by atoms with E-state index in [1.165, 1.54) is 17.6 Å². The molecule has 0 bridgehead atoms. The predicted molar refractivity (Wildman–Crippen MR) is 113 cm³/mol. The number of hydrogen-bond acceptors (Lipinski definition) is 6. The van der Waals surface area contributed by atoms with Gasteiger partial charge in [0, 0.05) is 0 Å². The van der Waals surface area contributed by atoms with E-state index in [0.29, 0.717) is 28.5 Å². The van der Waals surface area contributed by atoms with Crippen LogP contribution >= 0.6 is 11.3 Å². The van der Waals surface area contributed by atoms with Crippen LogP contribution in [0, 0.1) is 0 Å². The molecular weight excluding hydrogens is 388 g/mol. The van der Waals surface area contributed by atoms with Crippen molar-refractivity contribution >= 4 is 29.4 Å². The summed E-state index contributed by atoms with van der Waals surface area (Å²) in [6, 6.07) is 18.0. The Morgan fingerprint density at radius 1 is 1.07 bits per heavy atom. The molecule has 0 saturated heterocycles. The summed E-state index contributed by atoms with van der Waals surface area (Å²) in [4.78, 5) is 24.6. The van der Waals surface area contributed by atoms with E-state index >= 15 is 0 Å². The number of carbonyl (C=O) groups is 2. The zero-order chi connectivity index (χ0) is 20.5. The van der Waals surface area contributed by atoms with E-state index in [1.54, 1.807) is 30.3 Å². The Kier molecular flexibility index (Phi) is 7.13. The minimum absolute atomic E-state index is 0.209. The summed E-state index contributed by atoms with van der Waals surface area (Å²) in [6.45, 7) is 2.26. The van der Waals surface area contributed by atoms with E-state index in [1.807, 2.05) is 42.6 Å². The van der Waals surface area contributed by atoms with E-state index in [0.717, 1.165) is 5.56 Å². The third-order valence-electron chi connectivity index (χ3n) is 3.80. The highest BCUT2D eigenvalue weighted by molar-refractivity contribution is 7.12. The monoisotopic (exact) mass is 408 g/mol. The van der Waals surface area contributed by atoms with Gasteiger partial charge in [-0.1, -0.05) is 36.4 Å². The van der Waals surface area contributed by atoms with Crippen LogP contribution in [-0.4, -0.2) is 24.7 Å². The predicted octanol–water partition coefficient (Wildman–Crippen LogP) is 4.06. The molecule has 148 valence electrons. The third kappa shape index (κ3) is 6.02. The van der Waals surface area contributed by atoms with Gasteiger partial charge in [0.05, 0.1) is 19.2 Å². The van der Waals surface area contributed by atoms with Crippen LogP contribution < -0.4 is 14.9 Å². The van der Waals surface area contributed by atoms with Crippen molar-refractivity contribution in [3.63, 3.8) is 0 Å². The largest absolute Gasteiger partial charge is 0.490 e. The lowest BCUT2D eigenvalue weighted by atomic mass is 10.1. The molecule has 1 aromatic heterocycles. The molecule has 7 heteroatoms. The van der Waals surface area contributed by atoms with Gasteiger partial charge in [0.25, 0.3) is 0 Å². The molecule has 3 rings (SSSR count). The van der Waals surface area contributed by atoms with Gasteiger partial charge in [-0.15, -0.1) is 11.3 Å². The summed E-state index contributed by atoms with van der Waals surface area (Å²) in [6.07, 6.45) is 1.76. The van der Waals surface area contributed by atoms with Crippen LogP contribution in [0.2, 0.25) is 0 Å². The lowest BCUT2D eigenvalue weighted by Crippen LogP contribution is -2.19. The number of amides is 1. The van der Waals surface area contributed by atoms with Crippen molar-refractivity contribution in [3.05, 3.63) is 82.0 Å². The van der Waals surface area contributed by atoms with Gasteiger partial charge in [-0.05, 0) is 47.7 Å². The van der Waals surface area contributed by atoms with Crippen LogP contribution in [0.5, 0.6) is 11.5 Å². The Bertz CT molecular complexity index is 985. The Balaban J connectivity index is 1.63. The number of ether oxygens (including phenoxy) is 2. The first kappa shape index (κ1) is 20.3. The zero-order valence-corrected chi connectivity index (χ0v) is 16.6. The van der Waals surface area contributed by atoms with Gasteiger partial charge in [-0.3, -0.25) is 4.79 Å². The Labute approximate surface area is 172 Å². The summed E-state index contributed by atoms with van der Waals surface area (Å²) >= 11 is 1.31. The van der Waals surface area contributed by atoms with Crippen molar-refractivity contribution in [1.29, 1.82) is 0 Å². The van der Waals surface area contributed by atoms with Gasteiger partial charge in [-0.25, -0.2) is 10.2 Å². The van der Waals surface area contributed by atoms with E-state index < -0.39 is 5.97 Å². The number of esters is 1. The molecule has 0 aliphatic heterocycles. The molecule has 2 aromatic carbocycles. The zero-order valence-electron chi connectivity index (χ0n) is 15.8. The fraction of sp³-hybridized carbons (Fsp3) is 0.136. The molecular formula is C22H20N2O4S. The number of rotatable bonds is 8. The molecule has 1 heterocycles. The third-order valence-corrected chi connectivity index (χ3v) is 4.65. The van der Waals surface area contributed by atoms with Gasteiger partial charge in [-0.2, -0.15) is 5.10 Å². The van der Waals surface area contributed by atoms with Crippen molar-refractivity contribution in [2.75, 3.05) is 6.61 Å². The lowest BCUT2D eigenvalue weighted by Gasteiger charge is -2.10. The number of thiophene rings is 1. The number of carbonyl (C=O) groups excluding carboxylic acids is 2. The van der Waals surface area contributed by atoms with Gasteiger partial charge < -0.3 is 9.47 Å². The smallest absolute Gasteiger partial charge is 0.353 e. The lowest BCUT2D eigenvalue weighted by molar-refractivity contribution is -0.120. The second kappa shape index (κ2) is 10.2. The van der Waals surface area contributed by atoms with Crippen molar-refractivity contribution < 1.29 is 19.1 Å². The molecule has 1 amide bonds. The second-order valence-corrected chi connectivity index (χ2v) is 6.91. The van der Waals surface area contributed by atoms with E-state index in [9.17, 15) is 9.59 Å². The molecule has 29 heavy (non-hydrogen) atoms. The Hall–Kier alpha value is -3.45. The Morgan fingerprint density at radius 2 is 1.90 bits per heavy atom. The van der Waals surface area contributed by atoms with Crippen LogP contribution in [0.3, 0.4) is 0 Å². The summed E-state index contributed by atoms with van der Waals surface area (Å²) in [5.41, 5.74) is 4.11. The van der Waals surface area contributed by atoms with Crippen molar-refractivity contribution in [1.82, 2.24) is 5.43 Å². The highest BCUT2D eigenvalue weighted by Gasteiger charge is 2.14. The average molecular weight is 408 g/mol. The van der Waals surface area contributed by atoms with Crippen molar-refractivity contribution in [2.45, 2.75) is 13.3 Å². The standard InChI is InChI=1S/C22H20N2O4S/c1-2-27-19-13-17(10-11-18(19)28-22(26)20-9-6-12-29-20)15-23-24-21(25)14-16-7-4-3-5-8-16/h3-13,15H,2,14H2,1H3,(H,24,25). The fourth-order valence-corrected chi connectivity index (χ4v) is 3.10. The van der Waals surface area contributed by atoms with Gasteiger partial charge in [0.1, 0.15) is 4.88 Å². The first-order chi connectivity index (χ1) is 14.2. The summed E-state index contributed by atoms with van der Waals surface area (Å²) in [5.74, 6) is 0.113. The SMILES string of the molecule is CCOc1cc(C=NNC(=O)Cc2ccccc2)ccc1OC(=O)c1cccs1. The maximum absolute atomic E-state index is 12.2. The van der Waals surface area contributed by atoms with Crippen LogP contribution in [0.1, 0.15) is 27.7 Å². The molecule has 0 aliphatic rings. The minimum Gasteiger partial charge on any atom is -0.490 e. The number of benzene rings is 2. The van der Waals surface area contributed by atoms with Gasteiger partial charge in [0.15, 0.2) is 11.5 Å². The molecule has 0 spiro atoms. The highest BCUT2D eigenvalue weighted by Crippen LogP contribution is 2.29. The van der Waals surface area contributed by atoms with E-state index in [4.69, 9.17) is 9.47 Å². The summed E-state index contributed by atoms with van der Waals surface area (Å²) in [7, 11) is 0. The molecule has 0 fully saturated rings. The molecule has 0 unspecified atom stereocenters. The van der Waals surface area contributed by atoms with Gasteiger partial charge in [0.2, 0.25) is 5.91 Å². The molecule has 0 radical (unpaired) electrons. The number of hydrazone groups is 1. The Morgan fingerprint density at radius 3 is 2.62 bits per heavy atom. The van der Waals surface area contributed by atoms with Crippen LogP contribution in [0.15, 0.2) is 71.1 Å². The maximum atomic E-state index is 12.2. The molecule has 0 atom stereocenters.